The number of benzene rings is 1. The minimum Gasteiger partial charge on any atom is -0.458 e. The van der Waals surface area contributed by atoms with Crippen molar-refractivity contribution in [3.63, 3.8) is 0 Å². The molecule has 0 unspecified atom stereocenters. The predicted molar refractivity (Wildman–Crippen MR) is 124 cm³/mol. The lowest BCUT2D eigenvalue weighted by molar-refractivity contribution is -0.224. The van der Waals surface area contributed by atoms with E-state index in [2.05, 4.69) is 13.0 Å². The molecule has 0 saturated heterocycles. The van der Waals surface area contributed by atoms with E-state index in [0.717, 1.165) is 19.3 Å². The fourth-order valence-corrected chi connectivity index (χ4v) is 8.15. The van der Waals surface area contributed by atoms with Crippen molar-refractivity contribution in [3.05, 3.63) is 47.5 Å². The van der Waals surface area contributed by atoms with Crippen molar-refractivity contribution in [1.82, 2.24) is 0 Å². The molecule has 5 heteroatoms. The van der Waals surface area contributed by atoms with Crippen LogP contribution >= 0.6 is 0 Å². The standard InChI is InChI=1S/C28H36O5/c1-17(29)21-12-14-28(32)22-10-9-19-15-20(30)11-13-26(19,2)23(22)16-24(27(21,28)3)33-25(31)18-7-5-4-6-8-18/h4-9,20-24,30,32H,10-16H2,1-3H3/t20-,21-,22+,23-,24+,26-,27-,28-/m0/s1. The fraction of sp³-hybridized carbons (Fsp3) is 0.643. The van der Waals surface area contributed by atoms with E-state index >= 15 is 0 Å². The zero-order valence-electron chi connectivity index (χ0n) is 19.9. The molecule has 0 amide bonds. The smallest absolute Gasteiger partial charge is 0.338 e. The molecule has 4 aliphatic rings. The highest BCUT2D eigenvalue weighted by Gasteiger charge is 2.71. The minimum absolute atomic E-state index is 0.0162. The number of Topliss-reactive ketones (excluding diaryl/α,β-unsaturated/α-hetero) is 1. The number of allylic oxidation sites excluding steroid dienone is 1. The number of ether oxygens (including phenoxy) is 1. The highest BCUT2D eigenvalue weighted by molar-refractivity contribution is 5.89. The van der Waals surface area contributed by atoms with Gasteiger partial charge in [0.1, 0.15) is 11.9 Å². The van der Waals surface area contributed by atoms with E-state index in [9.17, 15) is 19.8 Å². The molecule has 0 aromatic heterocycles. The molecule has 3 saturated carbocycles. The van der Waals surface area contributed by atoms with Crippen molar-refractivity contribution < 1.29 is 24.5 Å². The first-order chi connectivity index (χ1) is 15.6. The Bertz CT molecular complexity index is 985. The van der Waals surface area contributed by atoms with Crippen molar-refractivity contribution in [3.8, 4) is 0 Å². The minimum atomic E-state index is -1.07. The Hall–Kier alpha value is -1.98. The van der Waals surface area contributed by atoms with Crippen LogP contribution in [-0.4, -0.2) is 39.8 Å². The molecule has 1 aromatic carbocycles. The SMILES string of the molecule is CC(=O)[C@@H]1CC[C@]2(O)[C@@H]3CC=C4C[C@@H](O)CC[C@]4(C)[C@H]3C[C@@H](OC(=O)c3ccccc3)[C@]12C. The number of hydrogen-bond donors (Lipinski definition) is 2. The van der Waals surface area contributed by atoms with Crippen LogP contribution in [0.3, 0.4) is 0 Å². The summed E-state index contributed by atoms with van der Waals surface area (Å²) in [5, 5.41) is 22.7. The van der Waals surface area contributed by atoms with Gasteiger partial charge in [-0.1, -0.05) is 43.7 Å². The normalized spacial score (nSPS) is 44.2. The number of carbonyl (C=O) groups excluding carboxylic acids is 2. The second-order valence-electron chi connectivity index (χ2n) is 11.4. The Balaban J connectivity index is 1.57. The van der Waals surface area contributed by atoms with Crippen molar-refractivity contribution >= 4 is 11.8 Å². The molecule has 0 bridgehead atoms. The molecule has 0 radical (unpaired) electrons. The Kier molecular flexibility index (Phi) is 5.37. The number of ketones is 1. The number of hydrogen-bond acceptors (Lipinski definition) is 5. The first kappa shape index (κ1) is 22.8. The summed E-state index contributed by atoms with van der Waals surface area (Å²) in [7, 11) is 0. The first-order valence-corrected chi connectivity index (χ1v) is 12.5. The molecule has 33 heavy (non-hydrogen) atoms. The van der Waals surface area contributed by atoms with Gasteiger partial charge < -0.3 is 14.9 Å². The number of esters is 1. The molecule has 0 aliphatic heterocycles. The van der Waals surface area contributed by atoms with E-state index in [-0.39, 0.29) is 35.1 Å². The average molecular weight is 453 g/mol. The molecule has 0 spiro atoms. The molecule has 4 aliphatic carbocycles. The lowest BCUT2D eigenvalue weighted by Gasteiger charge is -2.62. The van der Waals surface area contributed by atoms with Gasteiger partial charge in [0.25, 0.3) is 0 Å². The van der Waals surface area contributed by atoms with Crippen LogP contribution in [0.25, 0.3) is 0 Å². The zero-order chi connectivity index (χ0) is 23.6. The molecule has 5 nitrogen and oxygen atoms in total. The van der Waals surface area contributed by atoms with Gasteiger partial charge in [0.05, 0.1) is 17.3 Å². The van der Waals surface area contributed by atoms with Crippen LogP contribution in [0.5, 0.6) is 0 Å². The van der Waals surface area contributed by atoms with Gasteiger partial charge >= 0.3 is 5.97 Å². The molecule has 1 aromatic rings. The maximum Gasteiger partial charge on any atom is 0.338 e. The van der Waals surface area contributed by atoms with Crippen LogP contribution in [0, 0.1) is 28.6 Å². The molecule has 178 valence electrons. The first-order valence-electron chi connectivity index (χ1n) is 12.5. The summed E-state index contributed by atoms with van der Waals surface area (Å²) in [6.07, 6.45) is 6.25. The lowest BCUT2D eigenvalue weighted by Crippen LogP contribution is -2.66. The summed E-state index contributed by atoms with van der Waals surface area (Å²) in [4.78, 5) is 25.9. The van der Waals surface area contributed by atoms with E-state index in [1.54, 1.807) is 19.1 Å². The highest BCUT2D eigenvalue weighted by atomic mass is 16.5. The second-order valence-corrected chi connectivity index (χ2v) is 11.4. The van der Waals surface area contributed by atoms with Crippen molar-refractivity contribution in [2.75, 3.05) is 0 Å². The van der Waals surface area contributed by atoms with Gasteiger partial charge in [0, 0.05) is 11.3 Å². The monoisotopic (exact) mass is 452 g/mol. The van der Waals surface area contributed by atoms with Crippen molar-refractivity contribution in [1.29, 1.82) is 0 Å². The van der Waals surface area contributed by atoms with Crippen LogP contribution in [0.4, 0.5) is 0 Å². The topological polar surface area (TPSA) is 83.8 Å². The quantitative estimate of drug-likeness (QED) is 0.522. The van der Waals surface area contributed by atoms with E-state index in [0.29, 0.717) is 31.2 Å². The van der Waals surface area contributed by atoms with E-state index in [4.69, 9.17) is 4.74 Å². The summed E-state index contributed by atoms with van der Waals surface area (Å²) in [6, 6.07) is 8.97. The molecule has 2 N–H and O–H groups in total. The maximum absolute atomic E-state index is 13.2. The van der Waals surface area contributed by atoms with E-state index in [1.165, 1.54) is 5.57 Å². The molecule has 3 fully saturated rings. The van der Waals surface area contributed by atoms with Gasteiger partial charge in [0.15, 0.2) is 0 Å². The third-order valence-electron chi connectivity index (χ3n) is 10.1. The van der Waals surface area contributed by atoms with Crippen LogP contribution in [0.1, 0.15) is 76.1 Å². The number of aliphatic hydroxyl groups excluding tert-OH is 1. The number of carbonyl (C=O) groups is 2. The van der Waals surface area contributed by atoms with Gasteiger partial charge in [-0.25, -0.2) is 4.79 Å². The third-order valence-corrected chi connectivity index (χ3v) is 10.1. The lowest BCUT2D eigenvalue weighted by atomic mass is 9.45. The van der Waals surface area contributed by atoms with Gasteiger partial charge in [-0.3, -0.25) is 4.79 Å². The van der Waals surface area contributed by atoms with Crippen LogP contribution < -0.4 is 0 Å². The van der Waals surface area contributed by atoms with E-state index in [1.807, 2.05) is 25.1 Å². The van der Waals surface area contributed by atoms with Crippen LogP contribution in [-0.2, 0) is 9.53 Å². The number of aliphatic hydroxyl groups is 2. The Labute approximate surface area is 196 Å². The third kappa shape index (κ3) is 3.19. The summed E-state index contributed by atoms with van der Waals surface area (Å²) < 4.78 is 6.21. The van der Waals surface area contributed by atoms with Gasteiger partial charge in [-0.05, 0) is 81.3 Å². The molecule has 5 rings (SSSR count). The van der Waals surface area contributed by atoms with Crippen LogP contribution in [0.15, 0.2) is 42.0 Å². The molecular weight excluding hydrogens is 416 g/mol. The zero-order valence-corrected chi connectivity index (χ0v) is 19.9. The Morgan fingerprint density at radius 1 is 1.06 bits per heavy atom. The summed E-state index contributed by atoms with van der Waals surface area (Å²) in [5.41, 5.74) is -0.260. The molecular formula is C28H36O5. The number of fused-ring (bicyclic) bond motifs is 5. The van der Waals surface area contributed by atoms with Crippen molar-refractivity contribution in [2.24, 2.45) is 28.6 Å². The van der Waals surface area contributed by atoms with Gasteiger partial charge in [0.2, 0.25) is 0 Å². The van der Waals surface area contributed by atoms with E-state index < -0.39 is 23.1 Å². The molecule has 8 atom stereocenters. The average Bonchev–Trinajstić information content (AvgIpc) is 3.08. The van der Waals surface area contributed by atoms with Crippen molar-refractivity contribution in [2.45, 2.75) is 83.5 Å². The highest BCUT2D eigenvalue weighted by Crippen LogP contribution is 2.68. The predicted octanol–water partition coefficient (Wildman–Crippen LogP) is 4.47. The summed E-state index contributed by atoms with van der Waals surface area (Å²) in [6.45, 7) is 5.85. The molecule has 0 heterocycles. The fourth-order valence-electron chi connectivity index (χ4n) is 8.15. The largest absolute Gasteiger partial charge is 0.458 e. The summed E-state index contributed by atoms with van der Waals surface area (Å²) in [5.74, 6) is -0.507. The Morgan fingerprint density at radius 2 is 1.79 bits per heavy atom. The van der Waals surface area contributed by atoms with Crippen LogP contribution in [0.2, 0.25) is 0 Å². The Morgan fingerprint density at radius 3 is 2.48 bits per heavy atom. The van der Waals surface area contributed by atoms with Gasteiger partial charge in [-0.15, -0.1) is 0 Å². The second kappa shape index (κ2) is 7.78. The summed E-state index contributed by atoms with van der Waals surface area (Å²) >= 11 is 0. The van der Waals surface area contributed by atoms with Gasteiger partial charge in [-0.2, -0.15) is 0 Å². The maximum atomic E-state index is 13.2. The number of rotatable bonds is 3.